The van der Waals surface area contributed by atoms with Gasteiger partial charge in [0, 0.05) is 11.6 Å². The first kappa shape index (κ1) is 14.7. The van der Waals surface area contributed by atoms with Crippen LogP contribution in [0.1, 0.15) is 38.1 Å². The van der Waals surface area contributed by atoms with Crippen LogP contribution in [-0.4, -0.2) is 11.7 Å². The van der Waals surface area contributed by atoms with Crippen molar-refractivity contribution in [1.29, 1.82) is 0 Å². The molecule has 1 aliphatic rings. The summed E-state index contributed by atoms with van der Waals surface area (Å²) in [5, 5.41) is 0. The van der Waals surface area contributed by atoms with Crippen LogP contribution >= 0.6 is 0 Å². The van der Waals surface area contributed by atoms with Crippen LogP contribution in [0, 0.1) is 0 Å². The monoisotopic (exact) mass is 298 g/mol. The first-order valence-electron chi connectivity index (χ1n) is 7.87. The predicted octanol–water partition coefficient (Wildman–Crippen LogP) is 3.61. The molecule has 0 spiro atoms. The third-order valence-electron chi connectivity index (χ3n) is 4.47. The smallest absolute Gasteiger partial charge is 0.274 e. The van der Waals surface area contributed by atoms with Gasteiger partial charge in [-0.3, -0.25) is 4.79 Å². The van der Waals surface area contributed by atoms with Gasteiger partial charge in [0.25, 0.3) is 5.56 Å². The molecule has 1 aliphatic carbocycles. The zero-order chi connectivity index (χ0) is 15.5. The Morgan fingerprint density at radius 2 is 1.82 bits per heavy atom. The normalized spacial score (nSPS) is 15.7. The van der Waals surface area contributed by atoms with Crippen molar-refractivity contribution < 1.29 is 4.74 Å². The summed E-state index contributed by atoms with van der Waals surface area (Å²) in [5.41, 5.74) is 7.93. The molecule has 22 heavy (non-hydrogen) atoms. The van der Waals surface area contributed by atoms with Gasteiger partial charge in [-0.15, -0.1) is 0 Å². The fraction of sp³-hybridized carbons (Fsp3) is 0.389. The van der Waals surface area contributed by atoms with Crippen molar-refractivity contribution in [1.82, 2.24) is 4.57 Å². The van der Waals surface area contributed by atoms with Gasteiger partial charge in [-0.25, -0.2) is 0 Å². The Morgan fingerprint density at radius 3 is 2.55 bits per heavy atom. The van der Waals surface area contributed by atoms with Crippen LogP contribution in [0.25, 0.3) is 11.3 Å². The van der Waals surface area contributed by atoms with Gasteiger partial charge in [-0.2, -0.15) is 0 Å². The lowest BCUT2D eigenvalue weighted by Crippen LogP contribution is -2.29. The minimum absolute atomic E-state index is 0.0877. The lowest BCUT2D eigenvalue weighted by molar-refractivity contribution is 0.348. The van der Waals surface area contributed by atoms with Crippen LogP contribution in [0.15, 0.2) is 41.2 Å². The highest BCUT2D eigenvalue weighted by atomic mass is 16.5. The van der Waals surface area contributed by atoms with Crippen LogP contribution in [0.5, 0.6) is 5.75 Å². The number of aromatic nitrogens is 1. The number of pyridine rings is 1. The first-order chi connectivity index (χ1) is 10.7. The fourth-order valence-electron chi connectivity index (χ4n) is 3.35. The van der Waals surface area contributed by atoms with Gasteiger partial charge in [0.05, 0.1) is 18.5 Å². The summed E-state index contributed by atoms with van der Waals surface area (Å²) >= 11 is 0. The van der Waals surface area contributed by atoms with Crippen molar-refractivity contribution in [2.24, 2.45) is 0 Å². The molecule has 0 radical (unpaired) electrons. The highest BCUT2D eigenvalue weighted by Gasteiger charge is 2.21. The second-order valence-corrected chi connectivity index (χ2v) is 5.84. The molecular formula is C18H22N2O2. The zero-order valence-electron chi connectivity index (χ0n) is 12.9. The van der Waals surface area contributed by atoms with Gasteiger partial charge in [0.15, 0.2) is 0 Å². The minimum atomic E-state index is -0.0877. The van der Waals surface area contributed by atoms with E-state index < -0.39 is 0 Å². The average molecular weight is 298 g/mol. The van der Waals surface area contributed by atoms with E-state index in [-0.39, 0.29) is 11.6 Å². The van der Waals surface area contributed by atoms with E-state index in [2.05, 4.69) is 0 Å². The van der Waals surface area contributed by atoms with Crippen LogP contribution in [-0.2, 0) is 0 Å². The topological polar surface area (TPSA) is 57.2 Å². The second-order valence-electron chi connectivity index (χ2n) is 5.84. The standard InChI is InChI=1S/C18H22N2O2/c1-22-17-10-6-5-9-14(17)16-12-11-15(19)18(21)20(16)13-7-3-2-4-8-13/h5-6,9-13H,2-4,7-8,19H2,1H3. The van der Waals surface area contributed by atoms with Crippen molar-refractivity contribution in [3.8, 4) is 17.0 Å². The maximum atomic E-state index is 12.7. The van der Waals surface area contributed by atoms with E-state index in [0.29, 0.717) is 5.69 Å². The molecule has 1 heterocycles. The van der Waals surface area contributed by atoms with Gasteiger partial charge >= 0.3 is 0 Å². The summed E-state index contributed by atoms with van der Waals surface area (Å²) in [6.07, 6.45) is 5.64. The number of ether oxygens (including phenoxy) is 1. The highest BCUT2D eigenvalue weighted by Crippen LogP contribution is 2.34. The Kier molecular flexibility index (Phi) is 4.18. The lowest BCUT2D eigenvalue weighted by atomic mass is 9.94. The van der Waals surface area contributed by atoms with E-state index in [0.717, 1.165) is 42.7 Å². The maximum absolute atomic E-state index is 12.7. The number of methoxy groups -OCH3 is 1. The van der Waals surface area contributed by atoms with E-state index in [1.807, 2.05) is 34.9 Å². The maximum Gasteiger partial charge on any atom is 0.274 e. The summed E-state index contributed by atoms with van der Waals surface area (Å²) in [6.45, 7) is 0. The van der Waals surface area contributed by atoms with E-state index in [9.17, 15) is 4.79 Å². The summed E-state index contributed by atoms with van der Waals surface area (Å²) in [7, 11) is 1.65. The molecule has 116 valence electrons. The van der Waals surface area contributed by atoms with Gasteiger partial charge < -0.3 is 15.0 Å². The molecule has 1 aromatic carbocycles. The van der Waals surface area contributed by atoms with Gasteiger partial charge in [-0.05, 0) is 37.1 Å². The molecule has 0 saturated heterocycles. The number of rotatable bonds is 3. The second kappa shape index (κ2) is 6.26. The molecule has 1 aromatic heterocycles. The number of anilines is 1. The number of nitrogen functional groups attached to an aromatic ring is 1. The quantitative estimate of drug-likeness (QED) is 0.941. The van der Waals surface area contributed by atoms with Crippen LogP contribution < -0.4 is 16.0 Å². The molecule has 1 saturated carbocycles. The van der Waals surface area contributed by atoms with Gasteiger partial charge in [-0.1, -0.05) is 31.4 Å². The zero-order valence-corrected chi connectivity index (χ0v) is 12.9. The van der Waals surface area contributed by atoms with Crippen LogP contribution in [0.4, 0.5) is 5.69 Å². The largest absolute Gasteiger partial charge is 0.496 e. The van der Waals surface area contributed by atoms with Crippen LogP contribution in [0.3, 0.4) is 0 Å². The summed E-state index contributed by atoms with van der Waals surface area (Å²) in [5.74, 6) is 0.774. The van der Waals surface area contributed by atoms with Crippen molar-refractivity contribution in [3.05, 3.63) is 46.8 Å². The van der Waals surface area contributed by atoms with E-state index in [4.69, 9.17) is 10.5 Å². The van der Waals surface area contributed by atoms with E-state index in [1.54, 1.807) is 13.2 Å². The Bertz CT molecular complexity index is 715. The molecular weight excluding hydrogens is 276 g/mol. The number of nitrogens with two attached hydrogens (primary N) is 1. The number of hydrogen-bond donors (Lipinski definition) is 1. The third kappa shape index (κ3) is 2.61. The molecule has 4 heteroatoms. The average Bonchev–Trinajstić information content (AvgIpc) is 2.58. The summed E-state index contributed by atoms with van der Waals surface area (Å²) in [6, 6.07) is 11.7. The molecule has 2 aromatic rings. The van der Waals surface area contributed by atoms with E-state index >= 15 is 0 Å². The van der Waals surface area contributed by atoms with Crippen molar-refractivity contribution in [2.75, 3.05) is 12.8 Å². The van der Waals surface area contributed by atoms with Crippen molar-refractivity contribution in [3.63, 3.8) is 0 Å². The molecule has 0 amide bonds. The molecule has 2 N–H and O–H groups in total. The SMILES string of the molecule is COc1ccccc1-c1ccc(N)c(=O)n1C1CCCCC1. The fourth-order valence-corrected chi connectivity index (χ4v) is 3.35. The lowest BCUT2D eigenvalue weighted by Gasteiger charge is -2.27. The molecule has 4 nitrogen and oxygen atoms in total. The molecule has 0 atom stereocenters. The Labute approximate surface area is 130 Å². The number of benzene rings is 1. The highest BCUT2D eigenvalue weighted by molar-refractivity contribution is 5.68. The minimum Gasteiger partial charge on any atom is -0.496 e. The number of para-hydroxylation sites is 1. The number of hydrogen-bond acceptors (Lipinski definition) is 3. The molecule has 1 fully saturated rings. The van der Waals surface area contributed by atoms with Gasteiger partial charge in [0.1, 0.15) is 5.75 Å². The predicted molar refractivity (Wildman–Crippen MR) is 89.2 cm³/mol. The van der Waals surface area contributed by atoms with Gasteiger partial charge in [0.2, 0.25) is 0 Å². The van der Waals surface area contributed by atoms with Crippen molar-refractivity contribution in [2.45, 2.75) is 38.1 Å². The summed E-state index contributed by atoms with van der Waals surface area (Å²) < 4.78 is 7.35. The number of nitrogens with zero attached hydrogens (tertiary/aromatic N) is 1. The van der Waals surface area contributed by atoms with Crippen molar-refractivity contribution >= 4 is 5.69 Å². The molecule has 3 rings (SSSR count). The Morgan fingerprint density at radius 1 is 1.09 bits per heavy atom. The first-order valence-corrected chi connectivity index (χ1v) is 7.87. The molecule has 0 bridgehead atoms. The Hall–Kier alpha value is -2.23. The summed E-state index contributed by atoms with van der Waals surface area (Å²) in [4.78, 5) is 12.7. The van der Waals surface area contributed by atoms with E-state index in [1.165, 1.54) is 6.42 Å². The third-order valence-corrected chi connectivity index (χ3v) is 4.47. The van der Waals surface area contributed by atoms with Crippen LogP contribution in [0.2, 0.25) is 0 Å². The molecule has 0 aliphatic heterocycles. The Balaban J connectivity index is 2.19. The molecule has 0 unspecified atom stereocenters.